The first-order valence-corrected chi connectivity index (χ1v) is 6.23. The van der Waals surface area contributed by atoms with Gasteiger partial charge >= 0.3 is 0 Å². The summed E-state index contributed by atoms with van der Waals surface area (Å²) in [5.74, 6) is 7.24. The van der Waals surface area contributed by atoms with Crippen molar-refractivity contribution in [3.8, 4) is 17.4 Å². The van der Waals surface area contributed by atoms with Gasteiger partial charge in [0.15, 0.2) is 11.5 Å². The van der Waals surface area contributed by atoms with Crippen molar-refractivity contribution >= 4 is 11.8 Å². The van der Waals surface area contributed by atoms with Gasteiger partial charge in [0.25, 0.3) is 0 Å². The molecule has 0 amide bonds. The molecule has 0 atom stereocenters. The van der Waals surface area contributed by atoms with Crippen LogP contribution in [0.25, 0.3) is 0 Å². The van der Waals surface area contributed by atoms with Crippen LogP contribution in [0, 0.1) is 0 Å². The van der Waals surface area contributed by atoms with Crippen molar-refractivity contribution in [2.75, 3.05) is 17.8 Å². The monoisotopic (exact) mass is 275 g/mol. The maximum absolute atomic E-state index is 5.68. The number of nitrogen functional groups attached to an aromatic ring is 2. The predicted molar refractivity (Wildman–Crippen MR) is 76.6 cm³/mol. The number of para-hydroxylation sites is 2. The molecule has 0 unspecified atom stereocenters. The lowest BCUT2D eigenvalue weighted by Crippen LogP contribution is -2.10. The lowest BCUT2D eigenvalue weighted by Gasteiger charge is -2.12. The first kappa shape index (κ1) is 13.9. The Morgan fingerprint density at radius 2 is 1.95 bits per heavy atom. The number of nitrogens with two attached hydrogens (primary N) is 2. The zero-order valence-electron chi connectivity index (χ0n) is 11.2. The lowest BCUT2D eigenvalue weighted by atomic mass is 10.3. The fourth-order valence-corrected chi connectivity index (χ4v) is 1.55. The summed E-state index contributed by atoms with van der Waals surface area (Å²) >= 11 is 0. The maximum Gasteiger partial charge on any atom is 0.226 e. The summed E-state index contributed by atoms with van der Waals surface area (Å²) in [5, 5.41) is 0. The Hall–Kier alpha value is -2.54. The van der Waals surface area contributed by atoms with Crippen LogP contribution in [0.15, 0.2) is 30.3 Å². The molecule has 2 aromatic rings. The summed E-state index contributed by atoms with van der Waals surface area (Å²) in [4.78, 5) is 7.88. The Labute approximate surface area is 116 Å². The molecule has 0 fully saturated rings. The van der Waals surface area contributed by atoms with Crippen LogP contribution in [0.1, 0.15) is 13.3 Å². The first-order valence-electron chi connectivity index (χ1n) is 6.23. The number of aromatic nitrogens is 2. The Kier molecular flexibility index (Phi) is 4.56. The number of ether oxygens (including phenoxy) is 2. The Morgan fingerprint density at radius 1 is 1.20 bits per heavy atom. The third kappa shape index (κ3) is 3.48. The molecule has 0 aliphatic rings. The molecule has 7 heteroatoms. The number of hydrogen-bond acceptors (Lipinski definition) is 7. The minimum absolute atomic E-state index is 0.0717. The molecule has 0 bridgehead atoms. The second-order valence-corrected chi connectivity index (χ2v) is 3.99. The summed E-state index contributed by atoms with van der Waals surface area (Å²) in [5.41, 5.74) is 7.98. The molecule has 0 saturated heterocycles. The van der Waals surface area contributed by atoms with Crippen LogP contribution in [0.3, 0.4) is 0 Å². The van der Waals surface area contributed by atoms with Gasteiger partial charge < -0.3 is 20.6 Å². The van der Waals surface area contributed by atoms with E-state index in [9.17, 15) is 0 Å². The van der Waals surface area contributed by atoms with E-state index in [1.807, 2.05) is 25.1 Å². The van der Waals surface area contributed by atoms with Gasteiger partial charge in [-0.2, -0.15) is 9.97 Å². The van der Waals surface area contributed by atoms with Crippen molar-refractivity contribution < 1.29 is 9.47 Å². The van der Waals surface area contributed by atoms with Crippen molar-refractivity contribution in [2.45, 2.75) is 13.3 Å². The van der Waals surface area contributed by atoms with Gasteiger partial charge in [0.05, 0.1) is 6.61 Å². The molecular formula is C13H17N5O2. The van der Waals surface area contributed by atoms with Gasteiger partial charge in [-0.05, 0) is 18.6 Å². The molecule has 5 N–H and O–H groups in total. The second kappa shape index (κ2) is 6.58. The van der Waals surface area contributed by atoms with Crippen LogP contribution < -0.4 is 26.5 Å². The number of nitrogens with zero attached hydrogens (tertiary/aromatic N) is 2. The molecule has 0 radical (unpaired) electrons. The third-order valence-electron chi connectivity index (χ3n) is 2.39. The molecule has 7 nitrogen and oxygen atoms in total. The molecule has 0 aliphatic heterocycles. The molecule has 1 aromatic heterocycles. The number of benzene rings is 1. The second-order valence-electron chi connectivity index (χ2n) is 3.99. The van der Waals surface area contributed by atoms with Gasteiger partial charge in [-0.25, -0.2) is 5.84 Å². The van der Waals surface area contributed by atoms with E-state index in [-0.39, 0.29) is 11.8 Å². The summed E-state index contributed by atoms with van der Waals surface area (Å²) in [7, 11) is 0. The predicted octanol–water partition coefficient (Wildman–Crippen LogP) is 1.93. The average molecular weight is 275 g/mol. The number of rotatable bonds is 6. The minimum atomic E-state index is 0.0717. The first-order chi connectivity index (χ1) is 9.72. The third-order valence-corrected chi connectivity index (χ3v) is 2.39. The maximum atomic E-state index is 5.68. The van der Waals surface area contributed by atoms with Gasteiger partial charge in [0, 0.05) is 6.07 Å². The Morgan fingerprint density at radius 3 is 2.65 bits per heavy atom. The Bertz CT molecular complexity index is 576. The van der Waals surface area contributed by atoms with Crippen molar-refractivity contribution in [3.63, 3.8) is 0 Å². The summed E-state index contributed by atoms with van der Waals surface area (Å²) < 4.78 is 11.3. The van der Waals surface area contributed by atoms with E-state index in [0.717, 1.165) is 6.42 Å². The molecule has 1 heterocycles. The molecule has 2 rings (SSSR count). The van der Waals surface area contributed by atoms with Gasteiger partial charge in [-0.15, -0.1) is 0 Å². The molecule has 0 spiro atoms. The van der Waals surface area contributed by atoms with Crippen molar-refractivity contribution in [1.29, 1.82) is 0 Å². The van der Waals surface area contributed by atoms with Crippen LogP contribution in [-0.2, 0) is 0 Å². The SMILES string of the molecule is CCCOc1ccccc1Oc1cc(NN)nc(N)n1. The molecule has 1 aromatic carbocycles. The molecule has 0 saturated carbocycles. The number of hydrogen-bond donors (Lipinski definition) is 3. The molecular weight excluding hydrogens is 258 g/mol. The number of anilines is 2. The smallest absolute Gasteiger partial charge is 0.226 e. The van der Waals surface area contributed by atoms with Gasteiger partial charge in [-0.3, -0.25) is 0 Å². The van der Waals surface area contributed by atoms with E-state index in [1.54, 1.807) is 12.1 Å². The topological polar surface area (TPSA) is 108 Å². The van der Waals surface area contributed by atoms with Crippen LogP contribution in [-0.4, -0.2) is 16.6 Å². The van der Waals surface area contributed by atoms with Crippen LogP contribution >= 0.6 is 0 Å². The highest BCUT2D eigenvalue weighted by atomic mass is 16.5. The van der Waals surface area contributed by atoms with Crippen LogP contribution in [0.4, 0.5) is 11.8 Å². The highest BCUT2D eigenvalue weighted by Gasteiger charge is 2.08. The lowest BCUT2D eigenvalue weighted by molar-refractivity contribution is 0.301. The molecule has 20 heavy (non-hydrogen) atoms. The minimum Gasteiger partial charge on any atom is -0.490 e. The van der Waals surface area contributed by atoms with Crippen molar-refractivity contribution in [1.82, 2.24) is 9.97 Å². The van der Waals surface area contributed by atoms with Gasteiger partial charge in [0.2, 0.25) is 11.8 Å². The van der Waals surface area contributed by atoms with E-state index in [4.69, 9.17) is 21.1 Å². The standard InChI is InChI=1S/C13H17N5O2/c1-2-7-19-9-5-3-4-6-10(9)20-12-8-11(18-15)16-13(14)17-12/h3-6,8H,2,7,15H2,1H3,(H3,14,16,17,18). The molecule has 0 aliphatic carbocycles. The van der Waals surface area contributed by atoms with E-state index in [2.05, 4.69) is 15.4 Å². The van der Waals surface area contributed by atoms with E-state index in [0.29, 0.717) is 23.9 Å². The quantitative estimate of drug-likeness (QED) is 0.546. The summed E-state index contributed by atoms with van der Waals surface area (Å²) in [6.45, 7) is 2.65. The highest BCUT2D eigenvalue weighted by Crippen LogP contribution is 2.31. The van der Waals surface area contributed by atoms with Crippen molar-refractivity contribution in [2.24, 2.45) is 5.84 Å². The van der Waals surface area contributed by atoms with Crippen molar-refractivity contribution in [3.05, 3.63) is 30.3 Å². The number of nitrogens with one attached hydrogen (secondary N) is 1. The zero-order chi connectivity index (χ0) is 14.4. The fourth-order valence-electron chi connectivity index (χ4n) is 1.55. The average Bonchev–Trinajstić information content (AvgIpc) is 2.45. The van der Waals surface area contributed by atoms with E-state index < -0.39 is 0 Å². The fraction of sp³-hybridized carbons (Fsp3) is 0.231. The van der Waals surface area contributed by atoms with Gasteiger partial charge in [-0.1, -0.05) is 19.1 Å². The van der Waals surface area contributed by atoms with Gasteiger partial charge in [0.1, 0.15) is 5.82 Å². The van der Waals surface area contributed by atoms with E-state index in [1.165, 1.54) is 0 Å². The largest absolute Gasteiger partial charge is 0.490 e. The zero-order valence-corrected chi connectivity index (χ0v) is 11.2. The van der Waals surface area contributed by atoms with Crippen LogP contribution in [0.2, 0.25) is 0 Å². The normalized spacial score (nSPS) is 10.1. The summed E-state index contributed by atoms with van der Waals surface area (Å²) in [6, 6.07) is 8.89. The number of hydrazine groups is 1. The van der Waals surface area contributed by atoms with E-state index >= 15 is 0 Å². The Balaban J connectivity index is 2.23. The summed E-state index contributed by atoms with van der Waals surface area (Å²) in [6.07, 6.45) is 0.913. The molecule has 106 valence electrons. The highest BCUT2D eigenvalue weighted by molar-refractivity contribution is 5.46. The van der Waals surface area contributed by atoms with Crippen LogP contribution in [0.5, 0.6) is 17.4 Å².